The third-order valence-electron chi connectivity index (χ3n) is 4.25. The number of fused-ring (bicyclic) bond motifs is 1. The number of nitrogens with zero attached hydrogens (tertiary/aromatic N) is 3. The van der Waals surface area contributed by atoms with Gasteiger partial charge in [0.05, 0.1) is 0 Å². The van der Waals surface area contributed by atoms with Gasteiger partial charge >= 0.3 is 0 Å². The SMILES string of the molecule is CCc1cc(N2CCc3cc(Cl)ccc3C2)nc(NCCCO)n1. The highest BCUT2D eigenvalue weighted by Gasteiger charge is 2.19. The first-order chi connectivity index (χ1) is 11.7. The normalized spacial score (nSPS) is 13.7. The number of hydrogen-bond acceptors (Lipinski definition) is 5. The predicted octanol–water partition coefficient (Wildman–Crippen LogP) is 3.05. The van der Waals surface area contributed by atoms with Crippen LogP contribution in [0.25, 0.3) is 0 Å². The molecule has 0 spiro atoms. The number of aryl methyl sites for hydroxylation is 1. The van der Waals surface area contributed by atoms with Crippen LogP contribution in [0.2, 0.25) is 5.02 Å². The maximum Gasteiger partial charge on any atom is 0.224 e. The molecule has 0 saturated heterocycles. The van der Waals surface area contributed by atoms with Crippen LogP contribution in [0.5, 0.6) is 0 Å². The molecule has 3 rings (SSSR count). The fraction of sp³-hybridized carbons (Fsp3) is 0.444. The zero-order chi connectivity index (χ0) is 16.9. The van der Waals surface area contributed by atoms with Gasteiger partial charge in [-0.1, -0.05) is 24.6 Å². The summed E-state index contributed by atoms with van der Waals surface area (Å²) in [6.07, 6.45) is 2.52. The van der Waals surface area contributed by atoms with Crippen molar-refractivity contribution in [3.05, 3.63) is 46.1 Å². The summed E-state index contributed by atoms with van der Waals surface area (Å²) in [7, 11) is 0. The van der Waals surface area contributed by atoms with Crippen LogP contribution in [0.1, 0.15) is 30.2 Å². The van der Waals surface area contributed by atoms with Crippen molar-refractivity contribution in [3.8, 4) is 0 Å². The van der Waals surface area contributed by atoms with E-state index in [9.17, 15) is 0 Å². The Morgan fingerprint density at radius 3 is 2.92 bits per heavy atom. The summed E-state index contributed by atoms with van der Waals surface area (Å²) in [6, 6.07) is 8.18. The van der Waals surface area contributed by atoms with E-state index in [1.807, 2.05) is 6.07 Å². The van der Waals surface area contributed by atoms with E-state index in [-0.39, 0.29) is 6.61 Å². The Labute approximate surface area is 147 Å². The van der Waals surface area contributed by atoms with Gasteiger partial charge in [0, 0.05) is 43.0 Å². The Kier molecular flexibility index (Phi) is 5.53. The van der Waals surface area contributed by atoms with Crippen LogP contribution < -0.4 is 10.2 Å². The summed E-state index contributed by atoms with van der Waals surface area (Å²) in [4.78, 5) is 11.5. The first kappa shape index (κ1) is 17.0. The van der Waals surface area contributed by atoms with Crippen LogP contribution in [0.15, 0.2) is 24.3 Å². The van der Waals surface area contributed by atoms with Gasteiger partial charge in [-0.3, -0.25) is 0 Å². The molecular formula is C18H23ClN4O. The second-order valence-corrected chi connectivity index (χ2v) is 6.42. The Balaban J connectivity index is 1.80. The van der Waals surface area contributed by atoms with Crippen LogP contribution in [0.4, 0.5) is 11.8 Å². The van der Waals surface area contributed by atoms with Crippen molar-refractivity contribution in [2.75, 3.05) is 29.9 Å². The predicted molar refractivity (Wildman–Crippen MR) is 97.8 cm³/mol. The molecule has 2 aromatic rings. The van der Waals surface area contributed by atoms with Crippen molar-refractivity contribution in [2.24, 2.45) is 0 Å². The Morgan fingerprint density at radius 2 is 2.12 bits per heavy atom. The molecule has 0 saturated carbocycles. The Hall–Kier alpha value is -1.85. The van der Waals surface area contributed by atoms with Gasteiger partial charge in [0.1, 0.15) is 5.82 Å². The van der Waals surface area contributed by atoms with Crippen molar-refractivity contribution >= 4 is 23.4 Å². The van der Waals surface area contributed by atoms with Crippen LogP contribution in [-0.2, 0) is 19.4 Å². The summed E-state index contributed by atoms with van der Waals surface area (Å²) in [6.45, 7) is 4.69. The van der Waals surface area contributed by atoms with Crippen LogP contribution in [0, 0.1) is 0 Å². The van der Waals surface area contributed by atoms with E-state index < -0.39 is 0 Å². The lowest BCUT2D eigenvalue weighted by atomic mass is 10.00. The largest absolute Gasteiger partial charge is 0.396 e. The summed E-state index contributed by atoms with van der Waals surface area (Å²) < 4.78 is 0. The molecule has 0 atom stereocenters. The second kappa shape index (κ2) is 7.81. The summed E-state index contributed by atoms with van der Waals surface area (Å²) >= 11 is 6.09. The fourth-order valence-corrected chi connectivity index (χ4v) is 3.10. The molecule has 0 radical (unpaired) electrons. The van der Waals surface area contributed by atoms with Crippen LogP contribution >= 0.6 is 11.6 Å². The van der Waals surface area contributed by atoms with E-state index in [2.05, 4.69) is 45.3 Å². The van der Waals surface area contributed by atoms with E-state index in [0.29, 0.717) is 18.9 Å². The van der Waals surface area contributed by atoms with E-state index in [1.54, 1.807) is 0 Å². The first-order valence-electron chi connectivity index (χ1n) is 8.44. The summed E-state index contributed by atoms with van der Waals surface area (Å²) in [5, 5.41) is 12.9. The van der Waals surface area contributed by atoms with E-state index in [1.165, 1.54) is 11.1 Å². The smallest absolute Gasteiger partial charge is 0.224 e. The number of nitrogens with one attached hydrogen (secondary N) is 1. The lowest BCUT2D eigenvalue weighted by Gasteiger charge is -2.30. The molecule has 2 heterocycles. The zero-order valence-corrected chi connectivity index (χ0v) is 14.7. The minimum absolute atomic E-state index is 0.165. The molecule has 0 unspecified atom stereocenters. The number of aliphatic hydroxyl groups is 1. The highest BCUT2D eigenvalue weighted by atomic mass is 35.5. The fourth-order valence-electron chi connectivity index (χ4n) is 2.90. The molecule has 6 heteroatoms. The molecule has 2 N–H and O–H groups in total. The van der Waals surface area contributed by atoms with E-state index >= 15 is 0 Å². The van der Waals surface area contributed by atoms with Crippen LogP contribution in [0.3, 0.4) is 0 Å². The van der Waals surface area contributed by atoms with Gasteiger partial charge in [0.15, 0.2) is 0 Å². The minimum Gasteiger partial charge on any atom is -0.396 e. The van der Waals surface area contributed by atoms with Gasteiger partial charge in [0.2, 0.25) is 5.95 Å². The number of rotatable bonds is 6. The van der Waals surface area contributed by atoms with Gasteiger partial charge in [-0.2, -0.15) is 4.98 Å². The maximum atomic E-state index is 8.92. The molecular weight excluding hydrogens is 324 g/mol. The van der Waals surface area contributed by atoms with Gasteiger partial charge in [-0.25, -0.2) is 4.98 Å². The monoisotopic (exact) mass is 346 g/mol. The average Bonchev–Trinajstić information content (AvgIpc) is 2.61. The summed E-state index contributed by atoms with van der Waals surface area (Å²) in [5.41, 5.74) is 3.65. The van der Waals surface area contributed by atoms with E-state index in [0.717, 1.165) is 42.5 Å². The van der Waals surface area contributed by atoms with Crippen LogP contribution in [-0.4, -0.2) is 34.8 Å². The number of benzene rings is 1. The molecule has 0 aliphatic carbocycles. The average molecular weight is 347 g/mol. The highest BCUT2D eigenvalue weighted by Crippen LogP contribution is 2.26. The number of aromatic nitrogens is 2. The molecule has 1 aromatic heterocycles. The first-order valence-corrected chi connectivity index (χ1v) is 8.82. The Bertz CT molecular complexity index is 707. The maximum absolute atomic E-state index is 8.92. The molecule has 1 aliphatic rings. The molecule has 0 amide bonds. The van der Waals surface area contributed by atoms with Crippen molar-refractivity contribution < 1.29 is 5.11 Å². The molecule has 24 heavy (non-hydrogen) atoms. The zero-order valence-electron chi connectivity index (χ0n) is 13.9. The van der Waals surface area contributed by atoms with Gasteiger partial charge in [0.25, 0.3) is 0 Å². The third kappa shape index (κ3) is 3.97. The molecule has 128 valence electrons. The Morgan fingerprint density at radius 1 is 1.25 bits per heavy atom. The van der Waals surface area contributed by atoms with Crippen molar-refractivity contribution in [2.45, 2.75) is 32.7 Å². The standard InChI is InChI=1S/C18H23ClN4O/c1-2-16-11-17(22-18(21-16)20-7-3-9-24)23-8-6-13-10-15(19)5-4-14(13)12-23/h4-5,10-11,24H,2-3,6-9,12H2,1H3,(H,20,21,22). The lowest BCUT2D eigenvalue weighted by molar-refractivity contribution is 0.292. The van der Waals surface area contributed by atoms with Gasteiger partial charge < -0.3 is 15.3 Å². The lowest BCUT2D eigenvalue weighted by Crippen LogP contribution is -2.31. The second-order valence-electron chi connectivity index (χ2n) is 5.98. The quantitative estimate of drug-likeness (QED) is 0.787. The molecule has 1 aromatic carbocycles. The number of halogens is 1. The number of hydrogen-bond donors (Lipinski definition) is 2. The molecule has 0 fully saturated rings. The molecule has 1 aliphatic heterocycles. The highest BCUT2D eigenvalue weighted by molar-refractivity contribution is 6.30. The van der Waals surface area contributed by atoms with Gasteiger partial charge in [-0.15, -0.1) is 0 Å². The number of anilines is 2. The number of aliphatic hydroxyl groups excluding tert-OH is 1. The van der Waals surface area contributed by atoms with Crippen molar-refractivity contribution in [1.29, 1.82) is 0 Å². The molecule has 5 nitrogen and oxygen atoms in total. The topological polar surface area (TPSA) is 61.3 Å². The van der Waals surface area contributed by atoms with Crippen molar-refractivity contribution in [3.63, 3.8) is 0 Å². The molecule has 0 bridgehead atoms. The minimum atomic E-state index is 0.165. The summed E-state index contributed by atoms with van der Waals surface area (Å²) in [5.74, 6) is 1.59. The third-order valence-corrected chi connectivity index (χ3v) is 4.49. The van der Waals surface area contributed by atoms with Gasteiger partial charge in [-0.05, 0) is 42.5 Å². The van der Waals surface area contributed by atoms with Crippen molar-refractivity contribution in [1.82, 2.24) is 9.97 Å². The van der Waals surface area contributed by atoms with E-state index in [4.69, 9.17) is 16.7 Å².